The van der Waals surface area contributed by atoms with Crippen molar-refractivity contribution < 1.29 is 28.4 Å². The minimum atomic E-state index is -1.93. The second kappa shape index (κ2) is 9.67. The van der Waals surface area contributed by atoms with Crippen molar-refractivity contribution in [2.75, 3.05) is 31.0 Å². The highest BCUT2D eigenvalue weighted by molar-refractivity contribution is 7.92. The molecule has 2 fully saturated rings. The smallest absolute Gasteiger partial charge is 0.341 e. The van der Waals surface area contributed by atoms with Gasteiger partial charge < -0.3 is 24.6 Å². The van der Waals surface area contributed by atoms with E-state index in [4.69, 9.17) is 4.74 Å². The van der Waals surface area contributed by atoms with E-state index in [1.54, 1.807) is 6.07 Å². The number of amides is 1. The number of hydrogen-bond donors (Lipinski definition) is 3. The normalized spacial score (nSPS) is 23.6. The molecule has 35 heavy (non-hydrogen) atoms. The van der Waals surface area contributed by atoms with Crippen molar-refractivity contribution in [1.82, 2.24) is 10.2 Å². The third kappa shape index (κ3) is 4.96. The summed E-state index contributed by atoms with van der Waals surface area (Å²) < 4.78 is 35.8. The Morgan fingerprint density at radius 2 is 2.14 bits per heavy atom. The molecule has 2 heterocycles. The molecule has 2 aromatic rings. The summed E-state index contributed by atoms with van der Waals surface area (Å²) in [6.45, 7) is 5.14. The van der Waals surface area contributed by atoms with Gasteiger partial charge in [0.1, 0.15) is 34.2 Å². The van der Waals surface area contributed by atoms with Crippen molar-refractivity contribution in [2.45, 2.75) is 43.0 Å². The largest absolute Gasteiger partial charge is 0.588 e. The van der Waals surface area contributed by atoms with E-state index in [0.29, 0.717) is 24.2 Å². The first kappa shape index (κ1) is 23.9. The molecule has 186 valence electrons. The fourth-order valence-corrected chi connectivity index (χ4v) is 6.10. The molecule has 1 saturated carbocycles. The minimum Gasteiger partial charge on any atom is -0.588 e. The van der Waals surface area contributed by atoms with Gasteiger partial charge in [0.2, 0.25) is 5.91 Å². The first-order chi connectivity index (χ1) is 16.8. The molecule has 2 aromatic carbocycles. The number of carbonyl (C=O) groups excluding carboxylic acids is 1. The number of rotatable bonds is 8. The summed E-state index contributed by atoms with van der Waals surface area (Å²) in [7, 11) is 0. The van der Waals surface area contributed by atoms with Gasteiger partial charge in [-0.1, -0.05) is 13.0 Å². The first-order valence-corrected chi connectivity index (χ1v) is 13.0. The number of fused-ring (bicyclic) bond motifs is 3. The van der Waals surface area contributed by atoms with Gasteiger partial charge in [-0.2, -0.15) is 0 Å². The van der Waals surface area contributed by atoms with E-state index in [1.807, 2.05) is 6.07 Å². The Kier molecular flexibility index (Phi) is 6.61. The van der Waals surface area contributed by atoms with Crippen LogP contribution in [0.1, 0.15) is 47.2 Å². The van der Waals surface area contributed by atoms with E-state index in [1.165, 1.54) is 18.2 Å². The Labute approximate surface area is 206 Å². The van der Waals surface area contributed by atoms with Crippen molar-refractivity contribution in [3.8, 4) is 5.75 Å². The van der Waals surface area contributed by atoms with E-state index >= 15 is 0 Å². The predicted octanol–water partition coefficient (Wildman–Crippen LogP) is 2.91. The molecule has 0 spiro atoms. The maximum Gasteiger partial charge on any atom is 0.341 e. The SMILES string of the molecule is CCN1CC[C@@H](NC(=O)Cc2cc(F)ccc2[S+]([O-])Nc2ccc3c(c2C(=O)O)OC[C@@H]2C[C@H]32)C1. The van der Waals surface area contributed by atoms with Crippen molar-refractivity contribution in [2.24, 2.45) is 5.92 Å². The average molecular weight is 502 g/mol. The lowest BCUT2D eigenvalue weighted by molar-refractivity contribution is -0.121. The number of ether oxygens (including phenoxy) is 1. The Morgan fingerprint density at radius 3 is 2.89 bits per heavy atom. The van der Waals surface area contributed by atoms with Crippen LogP contribution in [0.15, 0.2) is 35.2 Å². The summed E-state index contributed by atoms with van der Waals surface area (Å²) in [6, 6.07) is 7.17. The van der Waals surface area contributed by atoms with Crippen molar-refractivity contribution in [3.05, 3.63) is 52.8 Å². The number of halogens is 1. The highest BCUT2D eigenvalue weighted by atomic mass is 32.2. The maximum absolute atomic E-state index is 14.0. The summed E-state index contributed by atoms with van der Waals surface area (Å²) >= 11 is -1.93. The fraction of sp³-hybridized carbons (Fsp3) is 0.440. The molecule has 0 bridgehead atoms. The van der Waals surface area contributed by atoms with Gasteiger partial charge >= 0.3 is 5.97 Å². The second-order valence-corrected chi connectivity index (χ2v) is 10.6. The lowest BCUT2D eigenvalue weighted by atomic mass is 10.0. The van der Waals surface area contributed by atoms with Gasteiger partial charge in [-0.3, -0.25) is 4.79 Å². The zero-order chi connectivity index (χ0) is 24.7. The van der Waals surface area contributed by atoms with Crippen molar-refractivity contribution >= 4 is 28.9 Å². The monoisotopic (exact) mass is 501 g/mol. The number of aromatic carboxylic acids is 1. The number of likely N-dealkylation sites (tertiary alicyclic amines) is 1. The molecule has 1 amide bonds. The van der Waals surface area contributed by atoms with Crippen LogP contribution in [-0.2, 0) is 22.6 Å². The third-order valence-electron chi connectivity index (χ3n) is 7.03. The van der Waals surface area contributed by atoms with Crippen LogP contribution in [0.2, 0.25) is 0 Å². The van der Waals surface area contributed by atoms with Crippen LogP contribution >= 0.6 is 0 Å². The molecule has 4 atom stereocenters. The van der Waals surface area contributed by atoms with Gasteiger partial charge in [-0.25, -0.2) is 13.9 Å². The zero-order valence-corrected chi connectivity index (χ0v) is 20.2. The van der Waals surface area contributed by atoms with Gasteiger partial charge in [0, 0.05) is 30.6 Å². The standard InChI is InChI=1S/C25H28FN3O5S/c1-2-29-8-7-17(12-29)27-22(30)11-14-9-16(26)3-6-21(14)35(33)28-20-5-4-18-19-10-15(19)13-34-24(18)23(20)25(31)32/h3-6,9,15,17,19,28H,2,7-8,10-13H2,1H3,(H,27,30)(H,31,32)/t15-,17+,19-,35?/m0/s1. The summed E-state index contributed by atoms with van der Waals surface area (Å²) in [5.41, 5.74) is 1.23. The second-order valence-electron chi connectivity index (χ2n) is 9.37. The topological polar surface area (TPSA) is 114 Å². The Hall–Kier alpha value is -2.82. The number of benzene rings is 2. The summed E-state index contributed by atoms with van der Waals surface area (Å²) in [4.78, 5) is 27.2. The quantitative estimate of drug-likeness (QED) is 0.477. The number of nitrogens with zero attached hydrogens (tertiary/aromatic N) is 1. The van der Waals surface area contributed by atoms with Gasteiger partial charge in [0.15, 0.2) is 4.90 Å². The maximum atomic E-state index is 14.0. The molecular weight excluding hydrogens is 473 g/mol. The van der Waals surface area contributed by atoms with Crippen molar-refractivity contribution in [1.29, 1.82) is 0 Å². The highest BCUT2D eigenvalue weighted by Gasteiger charge is 2.45. The Bertz CT molecular complexity index is 1160. The molecule has 0 radical (unpaired) electrons. The van der Waals surface area contributed by atoms with Gasteiger partial charge in [-0.15, -0.1) is 0 Å². The number of anilines is 1. The van der Waals surface area contributed by atoms with Crippen molar-refractivity contribution in [3.63, 3.8) is 0 Å². The number of likely N-dealkylation sites (N-methyl/N-ethyl adjacent to an activating group) is 1. The van der Waals surface area contributed by atoms with Crippen LogP contribution < -0.4 is 14.8 Å². The van der Waals surface area contributed by atoms with Crippen LogP contribution in [0.4, 0.5) is 10.1 Å². The number of nitrogens with one attached hydrogen (secondary N) is 2. The van der Waals surface area contributed by atoms with Gasteiger partial charge in [0.25, 0.3) is 0 Å². The molecule has 3 aliphatic rings. The number of carboxylic acids is 1. The van der Waals surface area contributed by atoms with E-state index in [9.17, 15) is 23.6 Å². The van der Waals surface area contributed by atoms with Gasteiger partial charge in [0.05, 0.1) is 13.0 Å². The number of carbonyl (C=O) groups is 2. The van der Waals surface area contributed by atoms with E-state index in [0.717, 1.165) is 38.0 Å². The Balaban J connectivity index is 1.34. The van der Waals surface area contributed by atoms with Crippen LogP contribution in [0, 0.1) is 11.7 Å². The van der Waals surface area contributed by atoms with Crippen LogP contribution in [-0.4, -0.2) is 58.7 Å². The molecular formula is C25H28FN3O5S. The minimum absolute atomic E-state index is 0.0303. The average Bonchev–Trinajstić information content (AvgIpc) is 3.48. The lowest BCUT2D eigenvalue weighted by Crippen LogP contribution is -2.38. The molecule has 1 saturated heterocycles. The number of carboxylic acid groups (broad SMARTS) is 1. The summed E-state index contributed by atoms with van der Waals surface area (Å²) in [5.74, 6) is -0.947. The first-order valence-electron chi connectivity index (χ1n) is 11.9. The van der Waals surface area contributed by atoms with E-state index in [2.05, 4.69) is 21.9 Å². The van der Waals surface area contributed by atoms with Crippen LogP contribution in [0.3, 0.4) is 0 Å². The predicted molar refractivity (Wildman–Crippen MR) is 129 cm³/mol. The zero-order valence-electron chi connectivity index (χ0n) is 19.4. The molecule has 5 rings (SSSR count). The van der Waals surface area contributed by atoms with Crippen LogP contribution in [0.5, 0.6) is 5.75 Å². The fourth-order valence-electron chi connectivity index (χ4n) is 5.06. The van der Waals surface area contributed by atoms with E-state index < -0.39 is 23.1 Å². The van der Waals surface area contributed by atoms with Gasteiger partial charge in [-0.05, 0) is 55.1 Å². The lowest BCUT2D eigenvalue weighted by Gasteiger charge is -2.22. The highest BCUT2D eigenvalue weighted by Crippen LogP contribution is 2.55. The molecule has 10 heteroatoms. The molecule has 1 unspecified atom stereocenters. The molecule has 3 N–H and O–H groups in total. The summed E-state index contributed by atoms with van der Waals surface area (Å²) in [6.07, 6.45) is 1.69. The number of hydrogen-bond acceptors (Lipinski definition) is 6. The Morgan fingerprint density at radius 1 is 1.31 bits per heavy atom. The third-order valence-corrected chi connectivity index (χ3v) is 8.23. The molecule has 8 nitrogen and oxygen atoms in total. The molecule has 1 aliphatic carbocycles. The molecule has 0 aromatic heterocycles. The van der Waals surface area contributed by atoms with Crippen LogP contribution in [0.25, 0.3) is 0 Å². The van der Waals surface area contributed by atoms with E-state index in [-0.39, 0.29) is 40.1 Å². The molecule has 2 aliphatic heterocycles. The summed E-state index contributed by atoms with van der Waals surface area (Å²) in [5, 5.41) is 12.8.